The molecular weight excluding hydrogens is 348 g/mol. The van der Waals surface area contributed by atoms with Gasteiger partial charge in [0.15, 0.2) is 0 Å². The summed E-state index contributed by atoms with van der Waals surface area (Å²) in [7, 11) is 1.54. The molecule has 20 heavy (non-hydrogen) atoms. The molecule has 7 heteroatoms. The van der Waals surface area contributed by atoms with Crippen molar-refractivity contribution in [3.63, 3.8) is 0 Å². The molecule has 5 nitrogen and oxygen atoms in total. The van der Waals surface area contributed by atoms with Crippen molar-refractivity contribution in [1.29, 1.82) is 0 Å². The van der Waals surface area contributed by atoms with E-state index in [1.54, 1.807) is 7.11 Å². The number of hydrogen-bond donors (Lipinski definition) is 2. The van der Waals surface area contributed by atoms with Crippen LogP contribution in [0, 0.1) is 0 Å². The van der Waals surface area contributed by atoms with E-state index in [1.807, 2.05) is 24.3 Å². The maximum atomic E-state index is 11.5. The summed E-state index contributed by atoms with van der Waals surface area (Å²) >= 11 is 3.35. The number of amides is 1. The Bertz CT molecular complexity index is 386. The van der Waals surface area contributed by atoms with Crippen LogP contribution in [-0.2, 0) is 9.53 Å². The highest BCUT2D eigenvalue weighted by atomic mass is 79.9. The number of ether oxygens (including phenoxy) is 2. The maximum Gasteiger partial charge on any atom is 0.222 e. The number of carbonyl (C=O) groups excluding carboxylic acids is 1. The van der Waals surface area contributed by atoms with Gasteiger partial charge in [-0.25, -0.2) is 0 Å². The van der Waals surface area contributed by atoms with Crippen LogP contribution in [-0.4, -0.2) is 38.8 Å². The lowest BCUT2D eigenvalue weighted by Crippen LogP contribution is -2.34. The molecule has 0 aliphatic carbocycles. The summed E-state index contributed by atoms with van der Waals surface area (Å²) in [6.45, 7) is 1.21. The quantitative estimate of drug-likeness (QED) is 0.686. The van der Waals surface area contributed by atoms with Crippen molar-refractivity contribution < 1.29 is 14.3 Å². The number of benzene rings is 1. The SMILES string of the molecule is COC(CN)CC(=O)NCCOc1ccc(Br)cc1.Cl. The van der Waals surface area contributed by atoms with Gasteiger partial charge in [0.2, 0.25) is 5.91 Å². The first-order valence-corrected chi connectivity index (χ1v) is 6.83. The second kappa shape index (κ2) is 10.9. The summed E-state index contributed by atoms with van der Waals surface area (Å²) in [6, 6.07) is 7.53. The van der Waals surface area contributed by atoms with Crippen molar-refractivity contribution in [2.75, 3.05) is 26.8 Å². The molecule has 0 saturated heterocycles. The van der Waals surface area contributed by atoms with E-state index in [0.717, 1.165) is 10.2 Å². The first kappa shape index (κ1) is 19.2. The number of hydrogen-bond acceptors (Lipinski definition) is 4. The minimum absolute atomic E-state index is 0. The Labute approximate surface area is 133 Å². The number of nitrogens with two attached hydrogens (primary N) is 1. The van der Waals surface area contributed by atoms with Crippen LogP contribution in [0.15, 0.2) is 28.7 Å². The third-order valence-corrected chi connectivity index (χ3v) is 3.04. The van der Waals surface area contributed by atoms with Crippen molar-refractivity contribution in [1.82, 2.24) is 5.32 Å². The third kappa shape index (κ3) is 7.69. The van der Waals surface area contributed by atoms with Gasteiger partial charge >= 0.3 is 0 Å². The van der Waals surface area contributed by atoms with Crippen LogP contribution >= 0.6 is 28.3 Å². The fraction of sp³-hybridized carbons (Fsp3) is 0.462. The van der Waals surface area contributed by atoms with E-state index in [-0.39, 0.29) is 30.8 Å². The molecule has 1 aromatic rings. The number of methoxy groups -OCH3 is 1. The molecule has 114 valence electrons. The largest absolute Gasteiger partial charge is 0.492 e. The van der Waals surface area contributed by atoms with Gasteiger partial charge < -0.3 is 20.5 Å². The van der Waals surface area contributed by atoms with Gasteiger partial charge in [0, 0.05) is 18.1 Å². The second-order valence-electron chi connectivity index (χ2n) is 3.95. The zero-order chi connectivity index (χ0) is 14.1. The van der Waals surface area contributed by atoms with Gasteiger partial charge in [0.25, 0.3) is 0 Å². The highest BCUT2D eigenvalue weighted by Gasteiger charge is 2.10. The maximum absolute atomic E-state index is 11.5. The fourth-order valence-corrected chi connectivity index (χ4v) is 1.70. The number of nitrogens with one attached hydrogen (secondary N) is 1. The summed E-state index contributed by atoms with van der Waals surface area (Å²) in [5, 5.41) is 2.75. The first-order chi connectivity index (χ1) is 9.15. The normalized spacial score (nSPS) is 11.3. The third-order valence-electron chi connectivity index (χ3n) is 2.52. The number of rotatable bonds is 8. The van der Waals surface area contributed by atoms with Crippen molar-refractivity contribution >= 4 is 34.2 Å². The molecule has 1 unspecified atom stereocenters. The zero-order valence-corrected chi connectivity index (χ0v) is 13.7. The molecule has 0 saturated carbocycles. The predicted octanol–water partition coefficient (Wildman–Crippen LogP) is 1.73. The van der Waals surface area contributed by atoms with E-state index >= 15 is 0 Å². The van der Waals surface area contributed by atoms with Gasteiger partial charge in [-0.15, -0.1) is 12.4 Å². The Hall–Kier alpha value is -0.820. The predicted molar refractivity (Wildman–Crippen MR) is 84.4 cm³/mol. The van der Waals surface area contributed by atoms with E-state index in [1.165, 1.54) is 0 Å². The summed E-state index contributed by atoms with van der Waals surface area (Å²) < 4.78 is 11.5. The number of carbonyl (C=O) groups is 1. The van der Waals surface area contributed by atoms with E-state index in [4.69, 9.17) is 15.2 Å². The molecule has 0 radical (unpaired) electrons. The van der Waals surface area contributed by atoms with Crippen LogP contribution in [0.2, 0.25) is 0 Å². The average Bonchev–Trinajstić information content (AvgIpc) is 2.43. The molecule has 0 heterocycles. The Kier molecular flexibility index (Phi) is 10.5. The van der Waals surface area contributed by atoms with Crippen LogP contribution in [0.3, 0.4) is 0 Å². The minimum Gasteiger partial charge on any atom is -0.492 e. The fourth-order valence-electron chi connectivity index (χ4n) is 1.43. The van der Waals surface area contributed by atoms with Gasteiger partial charge in [-0.1, -0.05) is 15.9 Å². The van der Waals surface area contributed by atoms with Gasteiger partial charge in [-0.05, 0) is 24.3 Å². The first-order valence-electron chi connectivity index (χ1n) is 6.03. The summed E-state index contributed by atoms with van der Waals surface area (Å²) in [5.41, 5.74) is 5.44. The number of halogens is 2. The lowest BCUT2D eigenvalue weighted by atomic mass is 10.2. The smallest absolute Gasteiger partial charge is 0.222 e. The van der Waals surface area contributed by atoms with Gasteiger partial charge in [0.05, 0.1) is 19.1 Å². The molecule has 0 aliphatic rings. The average molecular weight is 368 g/mol. The van der Waals surface area contributed by atoms with E-state index in [9.17, 15) is 4.79 Å². The molecule has 0 aromatic heterocycles. The van der Waals surface area contributed by atoms with Crippen LogP contribution in [0.25, 0.3) is 0 Å². The Morgan fingerprint density at radius 3 is 2.60 bits per heavy atom. The van der Waals surface area contributed by atoms with Crippen molar-refractivity contribution in [3.05, 3.63) is 28.7 Å². The molecule has 1 aromatic carbocycles. The van der Waals surface area contributed by atoms with Crippen molar-refractivity contribution in [2.45, 2.75) is 12.5 Å². The lowest BCUT2D eigenvalue weighted by Gasteiger charge is -2.12. The molecule has 1 atom stereocenters. The van der Waals surface area contributed by atoms with Crippen LogP contribution in [0.4, 0.5) is 0 Å². The molecule has 3 N–H and O–H groups in total. The molecule has 1 amide bonds. The highest BCUT2D eigenvalue weighted by Crippen LogP contribution is 2.15. The topological polar surface area (TPSA) is 73.6 Å². The van der Waals surface area contributed by atoms with Gasteiger partial charge in [-0.2, -0.15) is 0 Å². The van der Waals surface area contributed by atoms with Crippen molar-refractivity contribution in [3.8, 4) is 5.75 Å². The van der Waals surface area contributed by atoms with Crippen LogP contribution in [0.5, 0.6) is 5.75 Å². The molecule has 0 fully saturated rings. The minimum atomic E-state index is -0.229. The monoisotopic (exact) mass is 366 g/mol. The Morgan fingerprint density at radius 1 is 1.40 bits per heavy atom. The van der Waals surface area contributed by atoms with Gasteiger partial charge in [0.1, 0.15) is 12.4 Å². The Balaban J connectivity index is 0.00000361. The summed E-state index contributed by atoms with van der Waals surface area (Å²) in [6.07, 6.45) is 0.0399. The molecule has 0 spiro atoms. The highest BCUT2D eigenvalue weighted by molar-refractivity contribution is 9.10. The molecule has 0 aliphatic heterocycles. The van der Waals surface area contributed by atoms with Crippen LogP contribution in [0.1, 0.15) is 6.42 Å². The Morgan fingerprint density at radius 2 is 2.05 bits per heavy atom. The standard InChI is InChI=1S/C13H19BrN2O3.ClH/c1-18-12(9-15)8-13(17)16-6-7-19-11-4-2-10(14)3-5-11;/h2-5,12H,6-9,15H2,1H3,(H,16,17);1H. The van der Waals surface area contributed by atoms with E-state index in [2.05, 4.69) is 21.2 Å². The van der Waals surface area contributed by atoms with E-state index < -0.39 is 0 Å². The summed E-state index contributed by atoms with van der Waals surface area (Å²) in [5.74, 6) is 0.686. The lowest BCUT2D eigenvalue weighted by molar-refractivity contribution is -0.123. The summed E-state index contributed by atoms with van der Waals surface area (Å²) in [4.78, 5) is 11.5. The van der Waals surface area contributed by atoms with Crippen molar-refractivity contribution in [2.24, 2.45) is 5.73 Å². The van der Waals surface area contributed by atoms with Gasteiger partial charge in [-0.3, -0.25) is 4.79 Å². The molecule has 1 rings (SSSR count). The van der Waals surface area contributed by atoms with Crippen LogP contribution < -0.4 is 15.8 Å². The molecular formula is C13H20BrClN2O3. The second-order valence-corrected chi connectivity index (χ2v) is 4.87. The molecule has 0 bridgehead atoms. The van der Waals surface area contributed by atoms with E-state index in [0.29, 0.717) is 19.7 Å². The zero-order valence-electron chi connectivity index (χ0n) is 11.3.